The van der Waals surface area contributed by atoms with Crippen LogP contribution in [0.5, 0.6) is 5.75 Å². The Balaban J connectivity index is 1.31. The van der Waals surface area contributed by atoms with Crippen molar-refractivity contribution in [1.82, 2.24) is 24.7 Å². The molecule has 0 spiro atoms. The molecule has 0 saturated carbocycles. The first-order valence-corrected chi connectivity index (χ1v) is 11.1. The second-order valence-electron chi connectivity index (χ2n) is 6.50. The number of fused-ring (bicyclic) bond motifs is 2. The lowest BCUT2D eigenvalue weighted by Crippen LogP contribution is -2.13. The van der Waals surface area contributed by atoms with Crippen molar-refractivity contribution in [2.75, 3.05) is 18.2 Å². The topological polar surface area (TPSA) is 94.8 Å². The van der Waals surface area contributed by atoms with E-state index in [1.807, 2.05) is 48.5 Å². The van der Waals surface area contributed by atoms with E-state index in [9.17, 15) is 4.79 Å². The molecule has 0 saturated heterocycles. The quantitative estimate of drug-likeness (QED) is 0.308. The number of anilines is 1. The molecule has 0 fully saturated rings. The summed E-state index contributed by atoms with van der Waals surface area (Å²) in [5, 5.41) is 9.36. The molecular formula is C21H16N6O2S2. The summed E-state index contributed by atoms with van der Waals surface area (Å²) in [5.74, 6) is 0.800. The van der Waals surface area contributed by atoms with E-state index in [0.717, 1.165) is 27.0 Å². The van der Waals surface area contributed by atoms with Crippen LogP contribution in [0.15, 0.2) is 66.1 Å². The van der Waals surface area contributed by atoms with Gasteiger partial charge in [0.25, 0.3) is 0 Å². The first kappa shape index (κ1) is 19.5. The SMILES string of the molecule is COc1ccc2nc(NC(=O)CSc3ncnc4c3cnn4-c3ccccc3)sc2c1. The summed E-state index contributed by atoms with van der Waals surface area (Å²) in [6, 6.07) is 15.4. The molecule has 0 radical (unpaired) electrons. The molecule has 31 heavy (non-hydrogen) atoms. The molecule has 3 aromatic heterocycles. The van der Waals surface area contributed by atoms with E-state index in [0.29, 0.717) is 15.8 Å². The monoisotopic (exact) mass is 448 g/mol. The van der Waals surface area contributed by atoms with E-state index in [2.05, 4.69) is 25.4 Å². The summed E-state index contributed by atoms with van der Waals surface area (Å²) < 4.78 is 7.95. The molecule has 154 valence electrons. The Bertz CT molecular complexity index is 1380. The first-order chi connectivity index (χ1) is 15.2. The minimum Gasteiger partial charge on any atom is -0.497 e. The van der Waals surface area contributed by atoms with Crippen LogP contribution in [0.4, 0.5) is 5.13 Å². The molecule has 0 aliphatic rings. The number of aromatic nitrogens is 5. The van der Waals surface area contributed by atoms with Crippen LogP contribution in [0.1, 0.15) is 0 Å². The van der Waals surface area contributed by atoms with E-state index in [4.69, 9.17) is 4.74 Å². The van der Waals surface area contributed by atoms with Gasteiger partial charge in [0.15, 0.2) is 10.8 Å². The zero-order valence-electron chi connectivity index (χ0n) is 16.3. The number of nitrogens with one attached hydrogen (secondary N) is 1. The van der Waals surface area contributed by atoms with E-state index in [-0.39, 0.29) is 11.7 Å². The predicted octanol–water partition coefficient (Wildman–Crippen LogP) is 4.16. The molecule has 0 aliphatic heterocycles. The van der Waals surface area contributed by atoms with Crippen LogP contribution in [0.25, 0.3) is 26.9 Å². The van der Waals surface area contributed by atoms with Gasteiger partial charge in [-0.2, -0.15) is 5.10 Å². The Kier molecular flexibility index (Phi) is 5.23. The maximum Gasteiger partial charge on any atom is 0.236 e. The van der Waals surface area contributed by atoms with Crippen LogP contribution in [-0.2, 0) is 4.79 Å². The number of rotatable bonds is 6. The van der Waals surface area contributed by atoms with Crippen molar-refractivity contribution in [3.05, 3.63) is 61.1 Å². The summed E-state index contributed by atoms with van der Waals surface area (Å²) in [6.07, 6.45) is 3.22. The standard InChI is InChI=1S/C21H16N6O2S2/c1-29-14-7-8-16-17(9-14)31-21(25-16)26-18(28)11-30-20-15-10-24-27(19(15)22-12-23-20)13-5-3-2-4-6-13/h2-10,12H,11H2,1H3,(H,25,26,28). The summed E-state index contributed by atoms with van der Waals surface area (Å²) in [4.78, 5) is 25.7. The number of para-hydroxylation sites is 1. The van der Waals surface area contributed by atoms with E-state index in [1.165, 1.54) is 29.4 Å². The third kappa shape index (κ3) is 3.94. The van der Waals surface area contributed by atoms with Gasteiger partial charge in [-0.15, -0.1) is 0 Å². The maximum atomic E-state index is 12.5. The van der Waals surface area contributed by atoms with Crippen molar-refractivity contribution in [2.45, 2.75) is 5.03 Å². The van der Waals surface area contributed by atoms with Gasteiger partial charge in [0, 0.05) is 0 Å². The largest absolute Gasteiger partial charge is 0.497 e. The first-order valence-electron chi connectivity index (χ1n) is 9.32. The molecule has 10 heteroatoms. The van der Waals surface area contributed by atoms with Crippen molar-refractivity contribution in [3.8, 4) is 11.4 Å². The van der Waals surface area contributed by atoms with Gasteiger partial charge in [0.2, 0.25) is 5.91 Å². The predicted molar refractivity (Wildman–Crippen MR) is 122 cm³/mol. The molecule has 8 nitrogen and oxygen atoms in total. The van der Waals surface area contributed by atoms with Crippen LogP contribution in [0.3, 0.4) is 0 Å². The normalized spacial score (nSPS) is 11.1. The molecule has 5 aromatic rings. The smallest absolute Gasteiger partial charge is 0.236 e. The summed E-state index contributed by atoms with van der Waals surface area (Å²) in [7, 11) is 1.62. The summed E-state index contributed by atoms with van der Waals surface area (Å²) >= 11 is 2.75. The van der Waals surface area contributed by atoms with Crippen LogP contribution < -0.4 is 10.1 Å². The number of benzene rings is 2. The van der Waals surface area contributed by atoms with Gasteiger partial charge >= 0.3 is 0 Å². The molecule has 2 aromatic carbocycles. The summed E-state index contributed by atoms with van der Waals surface area (Å²) in [5.41, 5.74) is 2.43. The number of thioether (sulfide) groups is 1. The van der Waals surface area contributed by atoms with Crippen LogP contribution in [-0.4, -0.2) is 43.5 Å². The number of ether oxygens (including phenoxy) is 1. The van der Waals surface area contributed by atoms with E-state index in [1.54, 1.807) is 18.0 Å². The lowest BCUT2D eigenvalue weighted by Gasteiger charge is -2.04. The molecule has 0 bridgehead atoms. The van der Waals surface area contributed by atoms with Crippen molar-refractivity contribution in [2.24, 2.45) is 0 Å². The third-order valence-corrected chi connectivity index (χ3v) is 6.45. The second-order valence-corrected chi connectivity index (χ2v) is 8.49. The zero-order valence-corrected chi connectivity index (χ0v) is 18.0. The maximum absolute atomic E-state index is 12.5. The Morgan fingerprint density at radius 1 is 1.19 bits per heavy atom. The fraction of sp³-hybridized carbons (Fsp3) is 0.0952. The van der Waals surface area contributed by atoms with E-state index < -0.39 is 0 Å². The highest BCUT2D eigenvalue weighted by Crippen LogP contribution is 2.30. The average molecular weight is 449 g/mol. The average Bonchev–Trinajstić information content (AvgIpc) is 3.41. The van der Waals surface area contributed by atoms with Crippen LogP contribution in [0.2, 0.25) is 0 Å². The molecule has 5 rings (SSSR count). The minimum atomic E-state index is -0.154. The van der Waals surface area contributed by atoms with E-state index >= 15 is 0 Å². The molecule has 0 aliphatic carbocycles. The number of carbonyl (C=O) groups excluding carboxylic acids is 1. The highest BCUT2D eigenvalue weighted by molar-refractivity contribution is 8.00. The number of thiazole rings is 1. The summed E-state index contributed by atoms with van der Waals surface area (Å²) in [6.45, 7) is 0. The van der Waals surface area contributed by atoms with Crippen molar-refractivity contribution < 1.29 is 9.53 Å². The van der Waals surface area contributed by atoms with Gasteiger partial charge < -0.3 is 10.1 Å². The lowest BCUT2D eigenvalue weighted by molar-refractivity contribution is -0.113. The van der Waals surface area contributed by atoms with Crippen molar-refractivity contribution >= 4 is 55.4 Å². The number of hydrogen-bond donors (Lipinski definition) is 1. The number of nitrogens with zero attached hydrogens (tertiary/aromatic N) is 5. The Morgan fingerprint density at radius 3 is 2.90 bits per heavy atom. The highest BCUT2D eigenvalue weighted by Gasteiger charge is 2.14. The highest BCUT2D eigenvalue weighted by atomic mass is 32.2. The number of hydrogen-bond acceptors (Lipinski definition) is 8. The zero-order chi connectivity index (χ0) is 21.2. The third-order valence-electron chi connectivity index (χ3n) is 4.51. The molecule has 3 heterocycles. The fourth-order valence-electron chi connectivity index (χ4n) is 3.07. The van der Waals surface area contributed by atoms with Gasteiger partial charge in [-0.25, -0.2) is 19.6 Å². The minimum absolute atomic E-state index is 0.154. The van der Waals surface area contributed by atoms with Gasteiger partial charge in [-0.05, 0) is 30.3 Å². The lowest BCUT2D eigenvalue weighted by atomic mass is 10.3. The Labute approximate surface area is 185 Å². The molecule has 0 atom stereocenters. The number of methoxy groups -OCH3 is 1. The Morgan fingerprint density at radius 2 is 2.06 bits per heavy atom. The van der Waals surface area contributed by atoms with Crippen LogP contribution in [0, 0.1) is 0 Å². The molecule has 1 N–H and O–H groups in total. The second kappa shape index (κ2) is 8.32. The number of amides is 1. The molecule has 1 amide bonds. The van der Waals surface area contributed by atoms with Gasteiger partial charge in [-0.1, -0.05) is 41.3 Å². The van der Waals surface area contributed by atoms with Crippen molar-refractivity contribution in [1.29, 1.82) is 0 Å². The molecule has 0 unspecified atom stereocenters. The van der Waals surface area contributed by atoms with Gasteiger partial charge in [0.1, 0.15) is 17.1 Å². The Hall–Kier alpha value is -3.50. The number of carbonyl (C=O) groups is 1. The van der Waals surface area contributed by atoms with Gasteiger partial charge in [0.05, 0.1) is 40.3 Å². The van der Waals surface area contributed by atoms with Crippen molar-refractivity contribution in [3.63, 3.8) is 0 Å². The van der Waals surface area contributed by atoms with Crippen LogP contribution >= 0.6 is 23.1 Å². The fourth-order valence-corrected chi connectivity index (χ4v) is 4.74. The molecular weight excluding hydrogens is 432 g/mol. The van der Waals surface area contributed by atoms with Gasteiger partial charge in [-0.3, -0.25) is 4.79 Å².